The minimum Gasteiger partial charge on any atom is -0.454 e. The van der Waals surface area contributed by atoms with Gasteiger partial charge in [-0.3, -0.25) is 0 Å². The van der Waals surface area contributed by atoms with Crippen molar-refractivity contribution in [1.82, 2.24) is 10.6 Å². The molecule has 2 aromatic rings. The molecule has 23 heavy (non-hydrogen) atoms. The van der Waals surface area contributed by atoms with Gasteiger partial charge in [0.15, 0.2) is 17.5 Å². The highest BCUT2D eigenvalue weighted by molar-refractivity contribution is 14.0. The van der Waals surface area contributed by atoms with Gasteiger partial charge in [-0.1, -0.05) is 6.07 Å². The van der Waals surface area contributed by atoms with Gasteiger partial charge in [0, 0.05) is 13.1 Å². The van der Waals surface area contributed by atoms with Crippen LogP contribution in [0.5, 0.6) is 11.5 Å². The largest absolute Gasteiger partial charge is 0.454 e. The third kappa shape index (κ3) is 5.00. The Kier molecular flexibility index (Phi) is 6.97. The highest BCUT2D eigenvalue weighted by atomic mass is 127. The van der Waals surface area contributed by atoms with E-state index in [2.05, 4.69) is 39.4 Å². The number of thiophene rings is 1. The Morgan fingerprint density at radius 1 is 1.17 bits per heavy atom. The quantitative estimate of drug-likeness (QED) is 0.421. The predicted octanol–water partition coefficient (Wildman–Crippen LogP) is 3.35. The number of nitrogens with one attached hydrogen (secondary N) is 2. The summed E-state index contributed by atoms with van der Waals surface area (Å²) in [6.07, 6.45) is 0. The average molecular weight is 445 g/mol. The minimum atomic E-state index is 0. The Balaban J connectivity index is 0.00000192. The second kappa shape index (κ2) is 8.97. The smallest absolute Gasteiger partial charge is 0.231 e. The molecule has 0 radical (unpaired) electrons. The molecule has 0 spiro atoms. The number of halogens is 1. The molecule has 0 atom stereocenters. The van der Waals surface area contributed by atoms with Crippen LogP contribution >= 0.6 is 35.3 Å². The molecule has 3 rings (SSSR count). The molecule has 1 aromatic carbocycles. The maximum atomic E-state index is 5.40. The molecule has 7 heteroatoms. The van der Waals surface area contributed by atoms with Gasteiger partial charge < -0.3 is 20.1 Å². The van der Waals surface area contributed by atoms with Crippen LogP contribution < -0.4 is 20.1 Å². The second-order valence-electron chi connectivity index (χ2n) is 4.87. The summed E-state index contributed by atoms with van der Waals surface area (Å²) in [4.78, 5) is 4.59. The molecule has 2 N–H and O–H groups in total. The van der Waals surface area contributed by atoms with E-state index in [4.69, 9.17) is 9.47 Å². The van der Waals surface area contributed by atoms with Crippen LogP contribution in [-0.2, 0) is 13.1 Å². The van der Waals surface area contributed by atoms with Crippen LogP contribution in [0.4, 0.5) is 0 Å². The molecule has 0 saturated carbocycles. The summed E-state index contributed by atoms with van der Waals surface area (Å²) in [5.41, 5.74) is 2.36. The number of ether oxygens (including phenoxy) is 2. The average Bonchev–Trinajstić information content (AvgIpc) is 3.20. The number of fused-ring (bicyclic) bond motifs is 1. The summed E-state index contributed by atoms with van der Waals surface area (Å²) in [6, 6.07) is 8.06. The van der Waals surface area contributed by atoms with E-state index in [0.29, 0.717) is 19.9 Å². The SMILES string of the molecule is CCNC(=NCc1ccsc1)NCc1ccc2c(c1)OCO2.I. The topological polar surface area (TPSA) is 54.9 Å². The predicted molar refractivity (Wildman–Crippen MR) is 104 cm³/mol. The lowest BCUT2D eigenvalue weighted by atomic mass is 10.2. The van der Waals surface area contributed by atoms with Crippen molar-refractivity contribution < 1.29 is 9.47 Å². The van der Waals surface area contributed by atoms with Gasteiger partial charge in [0.2, 0.25) is 6.79 Å². The van der Waals surface area contributed by atoms with Crippen molar-refractivity contribution >= 4 is 41.3 Å². The van der Waals surface area contributed by atoms with E-state index < -0.39 is 0 Å². The number of aliphatic imine (C=N–C) groups is 1. The maximum absolute atomic E-state index is 5.40. The Hall–Kier alpha value is -1.48. The van der Waals surface area contributed by atoms with Crippen LogP contribution in [0.3, 0.4) is 0 Å². The molecule has 0 saturated heterocycles. The van der Waals surface area contributed by atoms with Crippen molar-refractivity contribution in [3.05, 3.63) is 46.2 Å². The lowest BCUT2D eigenvalue weighted by Crippen LogP contribution is -2.36. The zero-order chi connectivity index (χ0) is 15.2. The first kappa shape index (κ1) is 17.9. The summed E-state index contributed by atoms with van der Waals surface area (Å²) < 4.78 is 10.7. The Labute approximate surface area is 157 Å². The Morgan fingerprint density at radius 3 is 2.83 bits per heavy atom. The lowest BCUT2D eigenvalue weighted by molar-refractivity contribution is 0.174. The fraction of sp³-hybridized carbons (Fsp3) is 0.312. The number of nitrogens with zero attached hydrogens (tertiary/aromatic N) is 1. The van der Waals surface area contributed by atoms with Crippen LogP contribution in [0.1, 0.15) is 18.1 Å². The van der Waals surface area contributed by atoms with Crippen molar-refractivity contribution in [2.45, 2.75) is 20.0 Å². The van der Waals surface area contributed by atoms with Gasteiger partial charge in [-0.05, 0) is 47.0 Å². The second-order valence-corrected chi connectivity index (χ2v) is 5.65. The third-order valence-electron chi connectivity index (χ3n) is 3.24. The van der Waals surface area contributed by atoms with Crippen LogP contribution in [0.2, 0.25) is 0 Å². The molecular weight excluding hydrogens is 425 g/mol. The highest BCUT2D eigenvalue weighted by Crippen LogP contribution is 2.32. The van der Waals surface area contributed by atoms with Crippen molar-refractivity contribution in [3.8, 4) is 11.5 Å². The zero-order valence-electron chi connectivity index (χ0n) is 12.9. The molecule has 0 bridgehead atoms. The fourth-order valence-corrected chi connectivity index (χ4v) is 2.79. The first-order chi connectivity index (χ1) is 10.8. The zero-order valence-corrected chi connectivity index (χ0v) is 16.0. The summed E-state index contributed by atoms with van der Waals surface area (Å²) in [7, 11) is 0. The molecule has 0 aliphatic carbocycles. The van der Waals surface area contributed by atoms with Gasteiger partial charge in [-0.2, -0.15) is 11.3 Å². The summed E-state index contributed by atoms with van der Waals surface area (Å²) in [5.74, 6) is 2.42. The standard InChI is InChI=1S/C16H19N3O2S.HI/c1-2-17-16(19-9-13-5-6-22-10-13)18-8-12-3-4-14-15(7-12)21-11-20-14;/h3-7,10H,2,8-9,11H2,1H3,(H2,17,18,19);1H. The van der Waals surface area contributed by atoms with Gasteiger partial charge in [-0.25, -0.2) is 4.99 Å². The fourth-order valence-electron chi connectivity index (χ4n) is 2.13. The van der Waals surface area contributed by atoms with Gasteiger partial charge in [0.05, 0.1) is 6.54 Å². The first-order valence-corrected chi connectivity index (χ1v) is 8.21. The molecule has 0 fully saturated rings. The van der Waals surface area contributed by atoms with Crippen LogP contribution in [0, 0.1) is 0 Å². The third-order valence-corrected chi connectivity index (χ3v) is 3.97. The van der Waals surface area contributed by atoms with Crippen molar-refractivity contribution in [2.75, 3.05) is 13.3 Å². The van der Waals surface area contributed by atoms with E-state index in [1.54, 1.807) is 11.3 Å². The highest BCUT2D eigenvalue weighted by Gasteiger charge is 2.13. The lowest BCUT2D eigenvalue weighted by Gasteiger charge is -2.11. The van der Waals surface area contributed by atoms with Crippen LogP contribution in [0.25, 0.3) is 0 Å². The Morgan fingerprint density at radius 2 is 2.04 bits per heavy atom. The molecule has 124 valence electrons. The summed E-state index contributed by atoms with van der Waals surface area (Å²) >= 11 is 1.69. The van der Waals surface area contributed by atoms with E-state index >= 15 is 0 Å². The molecule has 2 heterocycles. The maximum Gasteiger partial charge on any atom is 0.231 e. The van der Waals surface area contributed by atoms with Gasteiger partial charge in [-0.15, -0.1) is 24.0 Å². The van der Waals surface area contributed by atoms with E-state index in [0.717, 1.165) is 29.6 Å². The van der Waals surface area contributed by atoms with Crippen molar-refractivity contribution in [1.29, 1.82) is 0 Å². The number of benzene rings is 1. The molecule has 1 aliphatic heterocycles. The normalized spacial score (nSPS) is 12.7. The molecule has 1 aromatic heterocycles. The molecule has 0 amide bonds. The van der Waals surface area contributed by atoms with Crippen LogP contribution in [0.15, 0.2) is 40.0 Å². The summed E-state index contributed by atoms with van der Waals surface area (Å²) in [5, 5.41) is 10.8. The van der Waals surface area contributed by atoms with Crippen molar-refractivity contribution in [3.63, 3.8) is 0 Å². The van der Waals surface area contributed by atoms with Crippen molar-refractivity contribution in [2.24, 2.45) is 4.99 Å². The minimum absolute atomic E-state index is 0. The number of rotatable bonds is 5. The van der Waals surface area contributed by atoms with Crippen LogP contribution in [-0.4, -0.2) is 19.3 Å². The van der Waals surface area contributed by atoms with E-state index in [1.807, 2.05) is 18.2 Å². The number of hydrogen-bond acceptors (Lipinski definition) is 4. The molecule has 1 aliphatic rings. The molecular formula is C16H20IN3O2S. The van der Waals surface area contributed by atoms with Gasteiger partial charge >= 0.3 is 0 Å². The van der Waals surface area contributed by atoms with E-state index in [9.17, 15) is 0 Å². The van der Waals surface area contributed by atoms with E-state index in [1.165, 1.54) is 5.56 Å². The monoisotopic (exact) mass is 445 g/mol. The summed E-state index contributed by atoms with van der Waals surface area (Å²) in [6.45, 7) is 4.56. The first-order valence-electron chi connectivity index (χ1n) is 7.27. The van der Waals surface area contributed by atoms with Gasteiger partial charge in [0.25, 0.3) is 0 Å². The van der Waals surface area contributed by atoms with E-state index in [-0.39, 0.29) is 24.0 Å². The number of guanidine groups is 1. The molecule has 0 unspecified atom stereocenters. The molecule has 5 nitrogen and oxygen atoms in total. The number of hydrogen-bond donors (Lipinski definition) is 2. The Bertz CT molecular complexity index is 647. The van der Waals surface area contributed by atoms with Gasteiger partial charge in [0.1, 0.15) is 0 Å².